The molecule has 1 saturated heterocycles. The highest BCUT2D eigenvalue weighted by Gasteiger charge is 2.23. The molecule has 24 heavy (non-hydrogen) atoms. The first kappa shape index (κ1) is 15.1. The van der Waals surface area contributed by atoms with Crippen LogP contribution in [-0.4, -0.2) is 44.8 Å². The van der Waals surface area contributed by atoms with Crippen LogP contribution in [0.2, 0.25) is 5.02 Å². The van der Waals surface area contributed by atoms with Crippen molar-refractivity contribution in [1.82, 2.24) is 25.1 Å². The molecule has 7 nitrogen and oxygen atoms in total. The Bertz CT molecular complexity index is 838. The number of pyridine rings is 1. The van der Waals surface area contributed by atoms with Crippen LogP contribution in [0.1, 0.15) is 12.8 Å². The Hall–Kier alpha value is -2.41. The van der Waals surface area contributed by atoms with Crippen molar-refractivity contribution in [3.05, 3.63) is 35.9 Å². The highest BCUT2D eigenvalue weighted by atomic mass is 35.5. The van der Waals surface area contributed by atoms with Crippen molar-refractivity contribution in [2.24, 2.45) is 5.92 Å². The molecule has 3 aromatic heterocycles. The highest BCUT2D eigenvalue weighted by molar-refractivity contribution is 6.31. The van der Waals surface area contributed by atoms with E-state index in [1.165, 1.54) is 0 Å². The molecule has 0 aromatic carbocycles. The topological polar surface area (TPSA) is 79.8 Å². The smallest absolute Gasteiger partial charge is 0.232 e. The van der Waals surface area contributed by atoms with E-state index < -0.39 is 0 Å². The van der Waals surface area contributed by atoms with Gasteiger partial charge in [0.05, 0.1) is 18.2 Å². The fourth-order valence-corrected chi connectivity index (χ4v) is 3.25. The number of aromatic amines is 1. The summed E-state index contributed by atoms with van der Waals surface area (Å²) in [5.41, 5.74) is 0.763. The lowest BCUT2D eigenvalue weighted by Crippen LogP contribution is -2.38. The van der Waals surface area contributed by atoms with Crippen LogP contribution >= 0.6 is 11.6 Å². The van der Waals surface area contributed by atoms with Crippen molar-refractivity contribution >= 4 is 28.5 Å². The van der Waals surface area contributed by atoms with E-state index in [9.17, 15) is 0 Å². The summed E-state index contributed by atoms with van der Waals surface area (Å²) in [5, 5.41) is 8.44. The van der Waals surface area contributed by atoms with E-state index in [-0.39, 0.29) is 0 Å². The van der Waals surface area contributed by atoms with Gasteiger partial charge in [-0.25, -0.2) is 15.0 Å². The summed E-state index contributed by atoms with van der Waals surface area (Å²) in [6, 6.07) is 3.58. The van der Waals surface area contributed by atoms with Gasteiger partial charge in [0.1, 0.15) is 17.2 Å². The first-order valence-electron chi connectivity index (χ1n) is 7.93. The van der Waals surface area contributed by atoms with Crippen molar-refractivity contribution in [2.75, 3.05) is 24.6 Å². The minimum Gasteiger partial charge on any atom is -0.476 e. The molecule has 8 heteroatoms. The lowest BCUT2D eigenvalue weighted by molar-refractivity contribution is 0.222. The number of fused-ring (bicyclic) bond motifs is 1. The van der Waals surface area contributed by atoms with Crippen molar-refractivity contribution in [3.8, 4) is 5.88 Å². The summed E-state index contributed by atoms with van der Waals surface area (Å²) in [4.78, 5) is 15.1. The molecule has 1 fully saturated rings. The second kappa shape index (κ2) is 6.60. The van der Waals surface area contributed by atoms with E-state index in [1.54, 1.807) is 30.9 Å². The van der Waals surface area contributed by atoms with Gasteiger partial charge in [-0.3, -0.25) is 5.10 Å². The average molecular weight is 345 g/mol. The Labute approximate surface area is 144 Å². The minimum absolute atomic E-state index is 0.397. The maximum absolute atomic E-state index is 6.09. The molecule has 1 unspecified atom stereocenters. The molecule has 0 radical (unpaired) electrons. The van der Waals surface area contributed by atoms with Crippen molar-refractivity contribution in [3.63, 3.8) is 0 Å². The van der Waals surface area contributed by atoms with Crippen LogP contribution in [0.15, 0.2) is 30.9 Å². The van der Waals surface area contributed by atoms with Gasteiger partial charge in [-0.1, -0.05) is 11.6 Å². The standard InChI is InChI=1S/C16H17ClN6O/c17-13-4-1-5-18-16(13)24-9-11-3-2-6-23(8-11)15-12-7-21-22-14(12)19-10-20-15/h1,4-5,7,10-11H,2-3,6,8-9H2,(H,19,20,21,22). The van der Waals surface area contributed by atoms with Crippen LogP contribution in [0.4, 0.5) is 5.82 Å². The second-order valence-electron chi connectivity index (χ2n) is 5.89. The Morgan fingerprint density at radius 1 is 1.33 bits per heavy atom. The van der Waals surface area contributed by atoms with Gasteiger partial charge < -0.3 is 9.64 Å². The summed E-state index contributed by atoms with van der Waals surface area (Å²) in [6.45, 7) is 2.44. The first-order chi connectivity index (χ1) is 11.8. The predicted molar refractivity (Wildman–Crippen MR) is 91.4 cm³/mol. The fourth-order valence-electron chi connectivity index (χ4n) is 3.07. The Morgan fingerprint density at radius 3 is 3.21 bits per heavy atom. The van der Waals surface area contributed by atoms with E-state index in [4.69, 9.17) is 16.3 Å². The summed E-state index contributed by atoms with van der Waals surface area (Å²) >= 11 is 6.09. The van der Waals surface area contributed by atoms with Gasteiger partial charge in [0.2, 0.25) is 5.88 Å². The average Bonchev–Trinajstić information content (AvgIpc) is 3.10. The number of ether oxygens (including phenoxy) is 1. The number of piperidine rings is 1. The van der Waals surface area contributed by atoms with Crippen LogP contribution < -0.4 is 9.64 Å². The van der Waals surface area contributed by atoms with E-state index in [2.05, 4.69) is 30.0 Å². The molecule has 0 bridgehead atoms. The normalized spacial score (nSPS) is 18.0. The zero-order valence-electron chi connectivity index (χ0n) is 13.0. The van der Waals surface area contributed by atoms with Crippen molar-refractivity contribution in [1.29, 1.82) is 0 Å². The maximum atomic E-state index is 6.09. The number of hydrogen-bond donors (Lipinski definition) is 1. The van der Waals surface area contributed by atoms with Gasteiger partial charge in [-0.15, -0.1) is 0 Å². The quantitative estimate of drug-likeness (QED) is 0.783. The number of halogens is 1. The minimum atomic E-state index is 0.397. The highest BCUT2D eigenvalue weighted by Crippen LogP contribution is 2.27. The molecule has 1 aliphatic heterocycles. The first-order valence-corrected chi connectivity index (χ1v) is 8.31. The molecule has 1 N–H and O–H groups in total. The largest absolute Gasteiger partial charge is 0.476 e. The summed E-state index contributed by atoms with van der Waals surface area (Å²) in [5.74, 6) is 1.82. The van der Waals surface area contributed by atoms with Crippen molar-refractivity contribution in [2.45, 2.75) is 12.8 Å². The fraction of sp³-hybridized carbons (Fsp3) is 0.375. The van der Waals surface area contributed by atoms with Crippen LogP contribution in [0.3, 0.4) is 0 Å². The Morgan fingerprint density at radius 2 is 2.29 bits per heavy atom. The Kier molecular flexibility index (Phi) is 4.17. The molecule has 4 heterocycles. The van der Waals surface area contributed by atoms with Gasteiger partial charge in [-0.2, -0.15) is 5.10 Å². The van der Waals surface area contributed by atoms with E-state index in [0.717, 1.165) is 42.8 Å². The number of nitrogens with zero attached hydrogens (tertiary/aromatic N) is 5. The maximum Gasteiger partial charge on any atom is 0.232 e. The van der Waals surface area contributed by atoms with Gasteiger partial charge in [0.15, 0.2) is 5.65 Å². The molecule has 1 aliphatic rings. The zero-order chi connectivity index (χ0) is 16.4. The van der Waals surface area contributed by atoms with E-state index in [1.807, 2.05) is 0 Å². The molecule has 0 aliphatic carbocycles. The lowest BCUT2D eigenvalue weighted by atomic mass is 9.99. The van der Waals surface area contributed by atoms with E-state index >= 15 is 0 Å². The third kappa shape index (κ3) is 2.99. The molecule has 0 saturated carbocycles. The molecule has 4 rings (SSSR count). The summed E-state index contributed by atoms with van der Waals surface area (Å²) in [6.07, 6.45) is 7.24. The van der Waals surface area contributed by atoms with Crippen LogP contribution in [-0.2, 0) is 0 Å². The third-order valence-corrected chi connectivity index (χ3v) is 4.51. The predicted octanol–water partition coefficient (Wildman–Crippen LogP) is 2.70. The molecule has 0 spiro atoms. The summed E-state index contributed by atoms with van der Waals surface area (Å²) in [7, 11) is 0. The lowest BCUT2D eigenvalue weighted by Gasteiger charge is -2.33. The molecule has 124 valence electrons. The SMILES string of the molecule is Clc1cccnc1OCC1CCCN(c2ncnc3[nH]ncc23)C1. The van der Waals surface area contributed by atoms with E-state index in [0.29, 0.717) is 23.4 Å². The molecule has 3 aromatic rings. The molecular weight excluding hydrogens is 328 g/mol. The molecule has 0 amide bonds. The van der Waals surface area contributed by atoms with Gasteiger partial charge in [0.25, 0.3) is 0 Å². The second-order valence-corrected chi connectivity index (χ2v) is 6.29. The molecular formula is C16H17ClN6O. The molecule has 1 atom stereocenters. The van der Waals surface area contributed by atoms with Crippen LogP contribution in [0, 0.1) is 5.92 Å². The van der Waals surface area contributed by atoms with Gasteiger partial charge in [-0.05, 0) is 25.0 Å². The van der Waals surface area contributed by atoms with Crippen molar-refractivity contribution < 1.29 is 4.74 Å². The monoisotopic (exact) mass is 344 g/mol. The van der Waals surface area contributed by atoms with Crippen LogP contribution in [0.25, 0.3) is 11.0 Å². The number of rotatable bonds is 4. The van der Waals surface area contributed by atoms with Gasteiger partial charge in [0, 0.05) is 25.2 Å². The number of anilines is 1. The van der Waals surface area contributed by atoms with Gasteiger partial charge >= 0.3 is 0 Å². The van der Waals surface area contributed by atoms with Crippen LogP contribution in [0.5, 0.6) is 5.88 Å². The Balaban J connectivity index is 1.46. The zero-order valence-corrected chi connectivity index (χ0v) is 13.8. The summed E-state index contributed by atoms with van der Waals surface area (Å²) < 4.78 is 5.81. The third-order valence-electron chi connectivity index (χ3n) is 4.23. The number of aromatic nitrogens is 5. The number of H-pyrrole nitrogens is 1. The number of nitrogens with one attached hydrogen (secondary N) is 1. The number of hydrogen-bond acceptors (Lipinski definition) is 6.